The third-order valence-corrected chi connectivity index (χ3v) is 10.4. The van der Waals surface area contributed by atoms with Gasteiger partial charge < -0.3 is 0 Å². The van der Waals surface area contributed by atoms with E-state index in [1.165, 1.54) is 13.5 Å². The summed E-state index contributed by atoms with van der Waals surface area (Å²) >= 11 is 0. The van der Waals surface area contributed by atoms with E-state index in [2.05, 4.69) is 0 Å². The van der Waals surface area contributed by atoms with E-state index < -0.39 is 44.8 Å². The molecule has 0 aliphatic carbocycles. The van der Waals surface area contributed by atoms with Crippen molar-refractivity contribution in [2.45, 2.75) is 0 Å². The molecule has 0 aromatic heterocycles. The number of carbonyl (C=O) groups excluding carboxylic acids is 1. The van der Waals surface area contributed by atoms with E-state index >= 15 is 0 Å². The van der Waals surface area contributed by atoms with Gasteiger partial charge in [-0.1, -0.05) is 0 Å². The van der Waals surface area contributed by atoms with Crippen molar-refractivity contribution < 1.29 is 42.6 Å². The van der Waals surface area contributed by atoms with Gasteiger partial charge in [0, 0.05) is 0 Å². The summed E-state index contributed by atoms with van der Waals surface area (Å²) < 4.78 is 124. The molecule has 1 rings (SSSR count). The Hall–Kier alpha value is 0.190. The zero-order valence-corrected chi connectivity index (χ0v) is 13.3. The first-order chi connectivity index (χ1) is 9.10. The molecule has 21 heavy (non-hydrogen) atoms. The molecule has 0 saturated carbocycles. The van der Waals surface area contributed by atoms with E-state index in [-0.39, 0.29) is 0 Å². The van der Waals surface area contributed by atoms with Crippen molar-refractivity contribution in [3.8, 4) is 0 Å². The third kappa shape index (κ3) is 6.06. The van der Waals surface area contributed by atoms with Gasteiger partial charge in [0.25, 0.3) is 0 Å². The molecule has 6 nitrogen and oxygen atoms in total. The van der Waals surface area contributed by atoms with Crippen LogP contribution in [0.1, 0.15) is 0 Å². The van der Waals surface area contributed by atoms with E-state index in [9.17, 15) is 42.6 Å². The van der Waals surface area contributed by atoms with Crippen molar-refractivity contribution in [3.63, 3.8) is 0 Å². The van der Waals surface area contributed by atoms with Gasteiger partial charge in [-0.2, -0.15) is 4.20 Å². The molecule has 1 heterocycles. The van der Waals surface area contributed by atoms with Crippen molar-refractivity contribution in [2.24, 2.45) is 22.6 Å². The lowest BCUT2D eigenvalue weighted by Gasteiger charge is -2.10. The number of hydrogen-bond donors (Lipinski definition) is 0. The van der Waals surface area contributed by atoms with Crippen molar-refractivity contribution in [3.05, 3.63) is 0 Å². The minimum Gasteiger partial charge on any atom is -0.292 e. The molecular weight excluding hydrogens is 424 g/mol. The van der Waals surface area contributed by atoms with Crippen LogP contribution in [0.4, 0.5) is 37.8 Å². The molecule has 1 aliphatic rings. The molecule has 0 N–H and O–H groups in total. The van der Waals surface area contributed by atoms with Crippen molar-refractivity contribution in [1.82, 2.24) is 0 Å². The molecule has 1 atom stereocenters. The molecule has 0 fully saturated rings. The Morgan fingerprint density at radius 3 is 1.14 bits per heavy atom. The molecule has 0 aromatic carbocycles. The molecule has 0 amide bonds. The van der Waals surface area contributed by atoms with Gasteiger partial charge in [0.2, 0.25) is 6.03 Å². The van der Waals surface area contributed by atoms with Crippen LogP contribution < -0.4 is 0 Å². The van der Waals surface area contributed by atoms with Crippen LogP contribution in [-0.4, -0.2) is 6.03 Å². The Morgan fingerprint density at radius 2 is 0.810 bits per heavy atom. The largest absolute Gasteiger partial charge is 0.425 e. The fourth-order valence-corrected chi connectivity index (χ4v) is 9.01. The minimum absolute atomic E-state index is 1.17. The molecule has 0 bridgehead atoms. The average molecular weight is 425 g/mol. The Labute approximate surface area is 111 Å². The Bertz CT molecular complexity index is 718. The Morgan fingerprint density at radius 1 is 0.524 bits per heavy atom. The predicted octanol–water partition coefficient (Wildman–Crippen LogP) is 8.73. The number of hydrogen-bond acceptors (Lipinski definition) is 6. The van der Waals surface area contributed by atoms with Crippen LogP contribution in [0.2, 0.25) is 0 Å². The molecule has 0 aromatic rings. The monoisotopic (exact) mass is 425 g/mol. The first-order valence-electron chi connectivity index (χ1n) is 4.02. The fraction of sp³-hybridized carbons (Fsp3) is 0. The lowest BCUT2D eigenvalue weighted by atomic mass is 11.8. The molecule has 1 unspecified atom stereocenters. The van der Waals surface area contributed by atoms with Crippen LogP contribution in [0.5, 0.6) is 0 Å². The number of carbonyl (C=O) groups is 1. The second-order valence-electron chi connectivity index (χ2n) is 2.94. The first-order valence-corrected chi connectivity index (χ1v) is 11.6. The van der Waals surface area contributed by atoms with Crippen LogP contribution in [0.15, 0.2) is 22.6 Å². The van der Waals surface area contributed by atoms with Crippen molar-refractivity contribution in [2.75, 3.05) is 0 Å². The van der Waals surface area contributed by atoms with E-state index in [1.807, 2.05) is 0 Å². The molecule has 1 aliphatic heterocycles. The first kappa shape index (κ1) is 19.2. The highest BCUT2D eigenvalue weighted by Crippen LogP contribution is 2.82. The summed E-state index contributed by atoms with van der Waals surface area (Å²) in [6, 6.07) is -1.17. The van der Waals surface area contributed by atoms with E-state index in [0.29, 0.717) is 0 Å². The lowest BCUT2D eigenvalue weighted by Crippen LogP contribution is -1.72. The summed E-state index contributed by atoms with van der Waals surface area (Å²) in [5.41, 5.74) is 0. The predicted molar refractivity (Wildman–Crippen MR) is 63.5 cm³/mol. The normalized spacial score (nSPS) is 33.0. The lowest BCUT2D eigenvalue weighted by molar-refractivity contribution is 0.566. The van der Waals surface area contributed by atoms with Gasteiger partial charge in [-0.3, -0.25) is 4.79 Å². The van der Waals surface area contributed by atoms with E-state index in [1.54, 1.807) is 9.03 Å². The molecule has 0 radical (unpaired) electrons. The molecule has 20 heteroatoms. The Kier molecular flexibility index (Phi) is 5.20. The van der Waals surface area contributed by atoms with Crippen LogP contribution in [-0.2, 0) is 4.79 Å². The zero-order valence-electron chi connectivity index (χ0n) is 8.86. The summed E-state index contributed by atoms with van der Waals surface area (Å²) in [5.74, 6) is 0. The minimum atomic E-state index is -6.78. The molecule has 124 valence electrons. The van der Waals surface area contributed by atoms with Gasteiger partial charge in [0.15, 0.2) is 0 Å². The summed E-state index contributed by atoms with van der Waals surface area (Å²) in [7, 11) is -33.0. The smallest absolute Gasteiger partial charge is 0.292 e. The third-order valence-electron chi connectivity index (χ3n) is 1.25. The summed E-state index contributed by atoms with van der Waals surface area (Å²) in [6.07, 6.45) is 0. The van der Waals surface area contributed by atoms with Gasteiger partial charge in [-0.25, -0.2) is 0 Å². The zero-order chi connectivity index (χ0) is 16.7. The maximum atomic E-state index is 13.4. The standard InChI is InChI=1S/CHF9N5OP5/c2-17(1-16)11-18(3,4)13-20(7,8)15-21(9,10)14-19(5,6)12-17/h1H. The van der Waals surface area contributed by atoms with Crippen molar-refractivity contribution >= 4 is 44.8 Å². The fourth-order valence-electron chi connectivity index (χ4n) is 0.822. The maximum absolute atomic E-state index is 13.4. The van der Waals surface area contributed by atoms with Crippen LogP contribution >= 0.6 is 38.8 Å². The highest BCUT2D eigenvalue weighted by molar-refractivity contribution is 7.85. The van der Waals surface area contributed by atoms with Gasteiger partial charge >= 0.3 is 38.8 Å². The van der Waals surface area contributed by atoms with E-state index in [4.69, 9.17) is 0 Å². The SMILES string of the molecule is O=CP1(F)=NP(F)(F)=NP(F)(F)=NP(F)(F)=NP(F)(F)=N1. The van der Waals surface area contributed by atoms with Crippen LogP contribution in [0.3, 0.4) is 0 Å². The Balaban J connectivity index is 4.03. The van der Waals surface area contributed by atoms with Gasteiger partial charge in [0.05, 0.1) is 0 Å². The summed E-state index contributed by atoms with van der Waals surface area (Å²) in [5, 5.41) is 0. The number of rotatable bonds is 1. The number of halogens is 9. The molecular formula is CHF9N5OP5. The molecule has 0 saturated heterocycles. The van der Waals surface area contributed by atoms with Gasteiger partial charge in [-0.05, 0) is 0 Å². The van der Waals surface area contributed by atoms with Crippen molar-refractivity contribution in [1.29, 1.82) is 0 Å². The van der Waals surface area contributed by atoms with Gasteiger partial charge in [-0.15, -0.1) is 56.2 Å². The summed E-state index contributed by atoms with van der Waals surface area (Å²) in [6.45, 7) is 0. The molecule has 0 spiro atoms. The topological polar surface area (TPSA) is 78.9 Å². The van der Waals surface area contributed by atoms with Crippen LogP contribution in [0, 0.1) is 0 Å². The number of nitrogens with zero attached hydrogens (tertiary/aromatic N) is 5. The second-order valence-corrected chi connectivity index (χ2v) is 11.5. The highest BCUT2D eigenvalue weighted by atomic mass is 31.3. The average Bonchev–Trinajstić information content (AvgIpc) is 2.06. The van der Waals surface area contributed by atoms with Crippen LogP contribution in [0.25, 0.3) is 0 Å². The second kappa shape index (κ2) is 5.68. The van der Waals surface area contributed by atoms with E-state index in [0.717, 1.165) is 0 Å². The summed E-state index contributed by atoms with van der Waals surface area (Å²) in [4.78, 5) is 10.2. The quantitative estimate of drug-likeness (QED) is 0.235. The maximum Gasteiger partial charge on any atom is 0.425 e. The van der Waals surface area contributed by atoms with Gasteiger partial charge in [0.1, 0.15) is 0 Å². The highest BCUT2D eigenvalue weighted by Gasteiger charge is 2.39.